The highest BCUT2D eigenvalue weighted by molar-refractivity contribution is 7.11. The predicted octanol–water partition coefficient (Wildman–Crippen LogP) is 4.31. The van der Waals surface area contributed by atoms with E-state index in [9.17, 15) is 0 Å². The second-order valence-corrected chi connectivity index (χ2v) is 8.56. The van der Waals surface area contributed by atoms with Gasteiger partial charge in [-0.1, -0.05) is 20.3 Å². The van der Waals surface area contributed by atoms with E-state index in [4.69, 9.17) is 4.98 Å². The van der Waals surface area contributed by atoms with Crippen LogP contribution in [0.2, 0.25) is 0 Å². The van der Waals surface area contributed by atoms with Gasteiger partial charge in [0.1, 0.15) is 5.01 Å². The van der Waals surface area contributed by atoms with Crippen LogP contribution >= 0.6 is 11.3 Å². The Morgan fingerprint density at radius 1 is 1.21 bits per heavy atom. The van der Waals surface area contributed by atoms with Gasteiger partial charge in [0.05, 0.1) is 11.2 Å². The average Bonchev–Trinajstić information content (AvgIpc) is 3.03. The van der Waals surface area contributed by atoms with Crippen LogP contribution in [-0.2, 0) is 5.54 Å². The average molecular weight is 278 g/mol. The van der Waals surface area contributed by atoms with Crippen LogP contribution in [0.1, 0.15) is 68.0 Å². The number of thiazole rings is 1. The summed E-state index contributed by atoms with van der Waals surface area (Å²) in [6.45, 7) is 9.19. The van der Waals surface area contributed by atoms with E-state index in [1.807, 2.05) is 11.3 Å². The van der Waals surface area contributed by atoms with Gasteiger partial charge >= 0.3 is 0 Å². The Bertz CT molecular complexity index is 454. The molecule has 1 atom stereocenters. The van der Waals surface area contributed by atoms with E-state index in [2.05, 4.69) is 33.0 Å². The van der Waals surface area contributed by atoms with Crippen molar-refractivity contribution < 1.29 is 0 Å². The zero-order chi connectivity index (χ0) is 13.7. The van der Waals surface area contributed by atoms with Crippen LogP contribution in [0.3, 0.4) is 0 Å². The summed E-state index contributed by atoms with van der Waals surface area (Å²) in [6, 6.07) is 0.749. The van der Waals surface area contributed by atoms with E-state index in [1.54, 1.807) is 0 Å². The highest BCUT2D eigenvalue weighted by Gasteiger charge is 2.45. The topological polar surface area (TPSA) is 24.9 Å². The molecule has 1 heterocycles. The number of nitrogens with zero attached hydrogens (tertiary/aromatic N) is 1. The third-order valence-corrected chi connectivity index (χ3v) is 6.01. The Hall–Kier alpha value is -0.410. The molecule has 0 bridgehead atoms. The normalized spacial score (nSPS) is 30.5. The lowest BCUT2D eigenvalue weighted by atomic mass is 9.68. The lowest BCUT2D eigenvalue weighted by Crippen LogP contribution is -2.49. The molecule has 3 rings (SSSR count). The van der Waals surface area contributed by atoms with Crippen LogP contribution in [0.4, 0.5) is 0 Å². The molecular formula is C16H26N2S. The minimum absolute atomic E-state index is 0.159. The van der Waals surface area contributed by atoms with E-state index in [0.717, 1.165) is 6.04 Å². The largest absolute Gasteiger partial charge is 0.303 e. The molecule has 1 unspecified atom stereocenters. The Balaban J connectivity index is 1.95. The third-order valence-electron chi connectivity index (χ3n) is 4.73. The maximum Gasteiger partial charge on any atom is 0.113 e. The van der Waals surface area contributed by atoms with Crippen molar-refractivity contribution in [3.63, 3.8) is 0 Å². The van der Waals surface area contributed by atoms with Gasteiger partial charge in [-0.2, -0.15) is 0 Å². The van der Waals surface area contributed by atoms with E-state index in [-0.39, 0.29) is 5.54 Å². The maximum absolute atomic E-state index is 4.91. The smallest absolute Gasteiger partial charge is 0.113 e. The molecule has 0 amide bonds. The van der Waals surface area contributed by atoms with Gasteiger partial charge in [-0.25, -0.2) is 4.98 Å². The molecule has 2 fully saturated rings. The van der Waals surface area contributed by atoms with Gasteiger partial charge in [-0.05, 0) is 51.4 Å². The molecule has 0 radical (unpaired) electrons. The van der Waals surface area contributed by atoms with Crippen LogP contribution in [0.15, 0.2) is 0 Å². The monoisotopic (exact) mass is 278 g/mol. The second-order valence-electron chi connectivity index (χ2n) is 7.36. The predicted molar refractivity (Wildman–Crippen MR) is 81.7 cm³/mol. The Labute approximate surface area is 121 Å². The number of rotatable bonds is 3. The summed E-state index contributed by atoms with van der Waals surface area (Å²) in [5.74, 6) is 0. The first-order chi connectivity index (χ1) is 8.90. The molecule has 1 N–H and O–H groups in total. The van der Waals surface area contributed by atoms with Crippen LogP contribution in [0.5, 0.6) is 0 Å². The van der Waals surface area contributed by atoms with Crippen LogP contribution < -0.4 is 5.32 Å². The van der Waals surface area contributed by atoms with Crippen molar-refractivity contribution in [3.05, 3.63) is 15.6 Å². The third kappa shape index (κ3) is 2.73. The van der Waals surface area contributed by atoms with Gasteiger partial charge in [0.15, 0.2) is 0 Å². The highest BCUT2D eigenvalue weighted by Crippen LogP contribution is 2.48. The van der Waals surface area contributed by atoms with E-state index >= 15 is 0 Å². The van der Waals surface area contributed by atoms with Gasteiger partial charge in [0.2, 0.25) is 0 Å². The Morgan fingerprint density at radius 2 is 1.95 bits per heavy atom. The van der Waals surface area contributed by atoms with Crippen molar-refractivity contribution in [2.24, 2.45) is 5.41 Å². The van der Waals surface area contributed by atoms with Gasteiger partial charge in [0, 0.05) is 10.9 Å². The SMILES string of the molecule is Cc1nc(C2(NC3CC3)CCCC(C)(C)C2)sc1C. The minimum Gasteiger partial charge on any atom is -0.303 e. The summed E-state index contributed by atoms with van der Waals surface area (Å²) in [5, 5.41) is 5.32. The van der Waals surface area contributed by atoms with Gasteiger partial charge in [-0.15, -0.1) is 11.3 Å². The number of nitrogens with one attached hydrogen (secondary N) is 1. The van der Waals surface area contributed by atoms with Crippen molar-refractivity contribution in [1.29, 1.82) is 0 Å². The lowest BCUT2D eigenvalue weighted by molar-refractivity contribution is 0.116. The van der Waals surface area contributed by atoms with Crippen molar-refractivity contribution in [2.45, 2.75) is 77.8 Å². The molecule has 0 saturated heterocycles. The van der Waals surface area contributed by atoms with E-state index in [0.29, 0.717) is 5.41 Å². The molecule has 0 aliphatic heterocycles. The zero-order valence-corrected chi connectivity index (χ0v) is 13.5. The Morgan fingerprint density at radius 3 is 2.47 bits per heavy atom. The molecule has 1 aromatic rings. The van der Waals surface area contributed by atoms with Crippen molar-refractivity contribution in [3.8, 4) is 0 Å². The summed E-state index contributed by atoms with van der Waals surface area (Å²) in [5.41, 5.74) is 1.82. The molecule has 1 aromatic heterocycles. The summed E-state index contributed by atoms with van der Waals surface area (Å²) in [4.78, 5) is 6.29. The van der Waals surface area contributed by atoms with Crippen LogP contribution in [-0.4, -0.2) is 11.0 Å². The molecule has 3 heteroatoms. The molecule has 0 spiro atoms. The molecular weight excluding hydrogens is 252 g/mol. The fourth-order valence-electron chi connectivity index (χ4n) is 3.53. The fourth-order valence-corrected chi connectivity index (χ4v) is 4.62. The molecule has 19 heavy (non-hydrogen) atoms. The first-order valence-corrected chi connectivity index (χ1v) is 8.44. The molecule has 2 aliphatic rings. The summed E-state index contributed by atoms with van der Waals surface area (Å²) in [7, 11) is 0. The number of aromatic nitrogens is 1. The van der Waals surface area contributed by atoms with Gasteiger partial charge < -0.3 is 5.32 Å². The molecule has 0 aromatic carbocycles. The van der Waals surface area contributed by atoms with Crippen LogP contribution in [0, 0.1) is 19.3 Å². The fraction of sp³-hybridized carbons (Fsp3) is 0.812. The quantitative estimate of drug-likeness (QED) is 0.891. The van der Waals surface area contributed by atoms with Crippen molar-refractivity contribution in [1.82, 2.24) is 10.3 Å². The van der Waals surface area contributed by atoms with E-state index in [1.165, 1.54) is 54.1 Å². The van der Waals surface area contributed by atoms with Crippen LogP contribution in [0.25, 0.3) is 0 Å². The lowest BCUT2D eigenvalue weighted by Gasteiger charge is -2.44. The van der Waals surface area contributed by atoms with Gasteiger partial charge in [0.25, 0.3) is 0 Å². The second kappa shape index (κ2) is 4.56. The number of hydrogen-bond acceptors (Lipinski definition) is 3. The molecule has 2 saturated carbocycles. The standard InChI is InChI=1S/C16H26N2S/c1-11-12(2)19-14(17-11)16(18-13-6-7-13)9-5-8-15(3,4)10-16/h13,18H,5-10H2,1-4H3. The summed E-state index contributed by atoms with van der Waals surface area (Å²) in [6.07, 6.45) is 7.88. The van der Waals surface area contributed by atoms with Gasteiger partial charge in [-0.3, -0.25) is 0 Å². The van der Waals surface area contributed by atoms with Crippen molar-refractivity contribution >= 4 is 11.3 Å². The first-order valence-electron chi connectivity index (χ1n) is 7.62. The minimum atomic E-state index is 0.159. The van der Waals surface area contributed by atoms with E-state index < -0.39 is 0 Å². The molecule has 2 aliphatic carbocycles. The molecule has 106 valence electrons. The van der Waals surface area contributed by atoms with Crippen molar-refractivity contribution in [2.75, 3.05) is 0 Å². The first kappa shape index (κ1) is 13.6. The molecule has 2 nitrogen and oxygen atoms in total. The Kier molecular flexibility index (Phi) is 3.25. The summed E-state index contributed by atoms with van der Waals surface area (Å²) < 4.78 is 0. The highest BCUT2D eigenvalue weighted by atomic mass is 32.1. The number of hydrogen-bond donors (Lipinski definition) is 1. The maximum atomic E-state index is 4.91. The zero-order valence-electron chi connectivity index (χ0n) is 12.7. The number of aryl methyl sites for hydroxylation is 2. The summed E-state index contributed by atoms with van der Waals surface area (Å²) >= 11 is 1.92.